The summed E-state index contributed by atoms with van der Waals surface area (Å²) in [5, 5.41) is 8.84. The van der Waals surface area contributed by atoms with Gasteiger partial charge >= 0.3 is 0 Å². The van der Waals surface area contributed by atoms with Gasteiger partial charge < -0.3 is 9.80 Å². The largest absolute Gasteiger partial charge is 0.336 e. The van der Waals surface area contributed by atoms with E-state index in [1.54, 1.807) is 24.2 Å². The first-order valence-electron chi connectivity index (χ1n) is 8.46. The van der Waals surface area contributed by atoms with E-state index in [0.717, 1.165) is 23.4 Å². The second-order valence-corrected chi connectivity index (χ2v) is 7.27. The van der Waals surface area contributed by atoms with Crippen LogP contribution < -0.4 is 0 Å². The number of carbonyl (C=O) groups excluding carboxylic acids is 1. The Morgan fingerprint density at radius 1 is 1.15 bits per heavy atom. The van der Waals surface area contributed by atoms with Gasteiger partial charge in [0.1, 0.15) is 0 Å². The molecule has 1 amide bonds. The molecule has 2 rings (SSSR count). The maximum atomic E-state index is 12.7. The van der Waals surface area contributed by atoms with Crippen molar-refractivity contribution in [3.05, 3.63) is 65.5 Å². The lowest BCUT2D eigenvalue weighted by Gasteiger charge is -2.24. The van der Waals surface area contributed by atoms with E-state index in [4.69, 9.17) is 5.26 Å². The third-order valence-electron chi connectivity index (χ3n) is 3.84. The summed E-state index contributed by atoms with van der Waals surface area (Å²) in [5.41, 5.74) is 2.81. The van der Waals surface area contributed by atoms with Crippen molar-refractivity contribution in [3.63, 3.8) is 0 Å². The molecule has 1 aromatic heterocycles. The minimum absolute atomic E-state index is 0.134. The molecular weight excluding hydrogens is 344 g/mol. The quantitative estimate of drug-likeness (QED) is 0.681. The minimum Gasteiger partial charge on any atom is -0.336 e. The molecule has 0 saturated carbocycles. The molecule has 0 aliphatic heterocycles. The molecule has 5 nitrogen and oxygen atoms in total. The molecule has 0 unspecified atom stereocenters. The van der Waals surface area contributed by atoms with Crippen LogP contribution in [0.2, 0.25) is 0 Å². The van der Waals surface area contributed by atoms with Gasteiger partial charge in [0.15, 0.2) is 0 Å². The van der Waals surface area contributed by atoms with E-state index in [1.807, 2.05) is 55.4 Å². The minimum atomic E-state index is 0.134. The summed E-state index contributed by atoms with van der Waals surface area (Å²) >= 11 is 1.60. The molecule has 1 aromatic carbocycles. The third-order valence-corrected chi connectivity index (χ3v) is 4.83. The van der Waals surface area contributed by atoms with Crippen LogP contribution in [0.1, 0.15) is 16.7 Å². The number of nitrogens with zero attached hydrogens (tertiary/aromatic N) is 4. The molecule has 0 aliphatic rings. The fraction of sp³-hybridized carbons (Fsp3) is 0.350. The highest BCUT2D eigenvalue weighted by atomic mass is 32.2. The summed E-state index contributed by atoms with van der Waals surface area (Å²) in [5.74, 6) is 1.33. The van der Waals surface area contributed by atoms with E-state index in [2.05, 4.69) is 16.0 Å². The number of aromatic nitrogens is 1. The smallest absolute Gasteiger partial charge is 0.232 e. The highest BCUT2D eigenvalue weighted by molar-refractivity contribution is 7.99. The first-order chi connectivity index (χ1) is 12.6. The molecule has 26 heavy (non-hydrogen) atoms. The highest BCUT2D eigenvalue weighted by Crippen LogP contribution is 2.14. The zero-order valence-electron chi connectivity index (χ0n) is 15.3. The van der Waals surface area contributed by atoms with E-state index in [0.29, 0.717) is 24.4 Å². The first kappa shape index (κ1) is 20.0. The van der Waals surface area contributed by atoms with Crippen molar-refractivity contribution < 1.29 is 4.79 Å². The summed E-state index contributed by atoms with van der Waals surface area (Å²) < 4.78 is 0. The molecule has 0 atom stereocenters. The predicted molar refractivity (Wildman–Crippen MR) is 106 cm³/mol. The van der Waals surface area contributed by atoms with Gasteiger partial charge in [-0.25, -0.2) is 0 Å². The standard InChI is InChI=1S/C20H24N4OS/c1-23(2)10-11-24(14-19-4-3-9-22-13-19)20(25)16-26-15-18-7-5-17(12-21)6-8-18/h3-9,13H,10-11,14-16H2,1-2H3. The molecule has 0 fully saturated rings. The van der Waals surface area contributed by atoms with Crippen LogP contribution in [0.3, 0.4) is 0 Å². The maximum Gasteiger partial charge on any atom is 0.232 e. The number of thioether (sulfide) groups is 1. The SMILES string of the molecule is CN(C)CCN(Cc1cccnc1)C(=O)CSCc1ccc(C#N)cc1. The lowest BCUT2D eigenvalue weighted by atomic mass is 10.2. The summed E-state index contributed by atoms with van der Waals surface area (Å²) in [6.07, 6.45) is 3.54. The molecule has 0 bridgehead atoms. The predicted octanol–water partition coefficient (Wildman–Crippen LogP) is 2.78. The summed E-state index contributed by atoms with van der Waals surface area (Å²) in [6, 6.07) is 13.5. The van der Waals surface area contributed by atoms with Gasteiger partial charge in [-0.2, -0.15) is 5.26 Å². The van der Waals surface area contributed by atoms with Crippen LogP contribution >= 0.6 is 11.8 Å². The van der Waals surface area contributed by atoms with Gasteiger partial charge in [-0.05, 0) is 43.4 Å². The molecule has 0 N–H and O–H groups in total. The Balaban J connectivity index is 1.88. The topological polar surface area (TPSA) is 60.2 Å². The van der Waals surface area contributed by atoms with Crippen LogP contribution in [0.25, 0.3) is 0 Å². The number of rotatable bonds is 9. The lowest BCUT2D eigenvalue weighted by molar-refractivity contribution is -0.129. The van der Waals surface area contributed by atoms with Gasteiger partial charge in [0.2, 0.25) is 5.91 Å². The van der Waals surface area contributed by atoms with Crippen LogP contribution in [0.5, 0.6) is 0 Å². The number of carbonyl (C=O) groups is 1. The normalized spacial score (nSPS) is 10.5. The number of likely N-dealkylation sites (N-methyl/N-ethyl adjacent to an activating group) is 1. The second kappa shape index (κ2) is 10.6. The Morgan fingerprint density at radius 3 is 2.54 bits per heavy atom. The number of hydrogen-bond acceptors (Lipinski definition) is 5. The van der Waals surface area contributed by atoms with Gasteiger partial charge in [-0.3, -0.25) is 9.78 Å². The average molecular weight is 369 g/mol. The van der Waals surface area contributed by atoms with Crippen molar-refractivity contribution in [3.8, 4) is 6.07 Å². The van der Waals surface area contributed by atoms with E-state index >= 15 is 0 Å². The van der Waals surface area contributed by atoms with Gasteiger partial charge in [0.25, 0.3) is 0 Å². The Labute approximate surface area is 159 Å². The molecule has 1 heterocycles. The van der Waals surface area contributed by atoms with E-state index in [9.17, 15) is 4.79 Å². The number of benzene rings is 1. The Morgan fingerprint density at radius 2 is 1.92 bits per heavy atom. The molecule has 0 aliphatic carbocycles. The van der Waals surface area contributed by atoms with E-state index in [-0.39, 0.29) is 5.91 Å². The lowest BCUT2D eigenvalue weighted by Crippen LogP contribution is -2.37. The fourth-order valence-electron chi connectivity index (χ4n) is 2.35. The van der Waals surface area contributed by atoms with Gasteiger partial charge in [0, 0.05) is 37.8 Å². The first-order valence-corrected chi connectivity index (χ1v) is 9.62. The monoisotopic (exact) mass is 368 g/mol. The molecule has 0 saturated heterocycles. The van der Waals surface area contributed by atoms with Crippen molar-refractivity contribution >= 4 is 17.7 Å². The van der Waals surface area contributed by atoms with E-state index < -0.39 is 0 Å². The fourth-order valence-corrected chi connectivity index (χ4v) is 3.24. The number of hydrogen-bond donors (Lipinski definition) is 0. The molecule has 6 heteroatoms. The van der Waals surface area contributed by atoms with Crippen molar-refractivity contribution in [2.45, 2.75) is 12.3 Å². The van der Waals surface area contributed by atoms with Gasteiger partial charge in [-0.15, -0.1) is 11.8 Å². The average Bonchev–Trinajstić information content (AvgIpc) is 2.66. The van der Waals surface area contributed by atoms with E-state index in [1.165, 1.54) is 0 Å². The molecule has 0 spiro atoms. The van der Waals surface area contributed by atoms with Crippen molar-refractivity contribution in [1.29, 1.82) is 5.26 Å². The second-order valence-electron chi connectivity index (χ2n) is 6.28. The Hall–Kier alpha value is -2.36. The molecule has 0 radical (unpaired) electrons. The zero-order chi connectivity index (χ0) is 18.8. The summed E-state index contributed by atoms with van der Waals surface area (Å²) in [6.45, 7) is 2.10. The van der Waals surface area contributed by atoms with Crippen LogP contribution in [0, 0.1) is 11.3 Å². The summed E-state index contributed by atoms with van der Waals surface area (Å²) in [4.78, 5) is 20.8. The third kappa shape index (κ3) is 6.87. The van der Waals surface area contributed by atoms with Gasteiger partial charge in [-0.1, -0.05) is 18.2 Å². The van der Waals surface area contributed by atoms with Crippen molar-refractivity contribution in [1.82, 2.24) is 14.8 Å². The van der Waals surface area contributed by atoms with Crippen molar-refractivity contribution in [2.75, 3.05) is 32.9 Å². The number of nitriles is 1. The van der Waals surface area contributed by atoms with Crippen molar-refractivity contribution in [2.24, 2.45) is 0 Å². The molecule has 136 valence electrons. The number of amides is 1. The molecule has 2 aromatic rings. The van der Waals surface area contributed by atoms with Crippen LogP contribution in [0.15, 0.2) is 48.8 Å². The Kier molecular flexibility index (Phi) is 8.13. The summed E-state index contributed by atoms with van der Waals surface area (Å²) in [7, 11) is 4.01. The Bertz CT molecular complexity index is 726. The van der Waals surface area contributed by atoms with Crippen LogP contribution in [0.4, 0.5) is 0 Å². The number of pyridine rings is 1. The maximum absolute atomic E-state index is 12.7. The van der Waals surface area contributed by atoms with Gasteiger partial charge in [0.05, 0.1) is 17.4 Å². The van der Waals surface area contributed by atoms with Crippen LogP contribution in [-0.2, 0) is 17.1 Å². The molecular formula is C20H24N4OS. The van der Waals surface area contributed by atoms with Crippen LogP contribution in [-0.4, -0.2) is 53.6 Å². The highest BCUT2D eigenvalue weighted by Gasteiger charge is 2.14. The zero-order valence-corrected chi connectivity index (χ0v) is 16.1.